The highest BCUT2D eigenvalue weighted by molar-refractivity contribution is 5.63. The number of ether oxygens (including phenoxy) is 3. The Labute approximate surface area is 135 Å². The number of cyclic esters (lactones) is 2. The third kappa shape index (κ3) is 4.44. The molecule has 1 heterocycles. The minimum absolute atomic E-state index is 0.296. The zero-order valence-corrected chi connectivity index (χ0v) is 12.6. The zero-order valence-electron chi connectivity index (χ0n) is 12.6. The molecule has 1 aliphatic heterocycles. The van der Waals surface area contributed by atoms with E-state index >= 15 is 0 Å². The van der Waals surface area contributed by atoms with Gasteiger partial charge >= 0.3 is 6.16 Å². The Balaban J connectivity index is 1.55. The number of hydrogen-bond acceptors (Lipinski definition) is 4. The number of rotatable bonds is 6. The normalized spacial score (nSPS) is 20.4. The van der Waals surface area contributed by atoms with E-state index in [1.54, 1.807) is 0 Å². The molecule has 0 aromatic heterocycles. The van der Waals surface area contributed by atoms with Crippen molar-refractivity contribution in [3.63, 3.8) is 0 Å². The van der Waals surface area contributed by atoms with Crippen molar-refractivity contribution in [2.45, 2.75) is 18.8 Å². The van der Waals surface area contributed by atoms with Gasteiger partial charge in [-0.1, -0.05) is 66.7 Å². The summed E-state index contributed by atoms with van der Waals surface area (Å²) < 4.78 is 16.0. The topological polar surface area (TPSA) is 44.8 Å². The van der Waals surface area contributed by atoms with Crippen molar-refractivity contribution in [3.8, 4) is 0 Å². The molecule has 0 radical (unpaired) electrons. The van der Waals surface area contributed by atoms with Gasteiger partial charge in [0.15, 0.2) is 12.2 Å². The Morgan fingerprint density at radius 1 is 0.957 bits per heavy atom. The Morgan fingerprint density at radius 2 is 1.65 bits per heavy atom. The van der Waals surface area contributed by atoms with Crippen molar-refractivity contribution in [3.05, 3.63) is 77.9 Å². The SMILES string of the molecule is O=C1O[C@@H](/C=C/c2ccccc2)[C@H](COCc2ccccc2)O1. The van der Waals surface area contributed by atoms with Crippen LogP contribution in [0.2, 0.25) is 0 Å². The highest BCUT2D eigenvalue weighted by Gasteiger charge is 2.34. The monoisotopic (exact) mass is 310 g/mol. The average molecular weight is 310 g/mol. The quantitative estimate of drug-likeness (QED) is 0.761. The lowest BCUT2D eigenvalue weighted by Crippen LogP contribution is -2.26. The molecule has 4 nitrogen and oxygen atoms in total. The Kier molecular flexibility index (Phi) is 5.06. The molecule has 3 rings (SSSR count). The van der Waals surface area contributed by atoms with Crippen LogP contribution >= 0.6 is 0 Å². The molecule has 0 bridgehead atoms. The fraction of sp³-hybridized carbons (Fsp3) is 0.211. The summed E-state index contributed by atoms with van der Waals surface area (Å²) >= 11 is 0. The van der Waals surface area contributed by atoms with Crippen molar-refractivity contribution < 1.29 is 19.0 Å². The van der Waals surface area contributed by atoms with E-state index in [4.69, 9.17) is 14.2 Å². The van der Waals surface area contributed by atoms with Crippen LogP contribution in [-0.2, 0) is 20.8 Å². The first-order valence-electron chi connectivity index (χ1n) is 7.53. The molecular formula is C19H18O4. The van der Waals surface area contributed by atoms with E-state index in [2.05, 4.69) is 0 Å². The molecule has 0 spiro atoms. The zero-order chi connectivity index (χ0) is 15.9. The van der Waals surface area contributed by atoms with E-state index in [1.165, 1.54) is 0 Å². The minimum atomic E-state index is -0.652. The summed E-state index contributed by atoms with van der Waals surface area (Å²) in [5, 5.41) is 0. The largest absolute Gasteiger partial charge is 0.509 e. The summed E-state index contributed by atoms with van der Waals surface area (Å²) in [7, 11) is 0. The fourth-order valence-corrected chi connectivity index (χ4v) is 2.33. The van der Waals surface area contributed by atoms with E-state index in [9.17, 15) is 4.79 Å². The first kappa shape index (κ1) is 15.3. The second-order valence-corrected chi connectivity index (χ2v) is 5.26. The van der Waals surface area contributed by atoms with Gasteiger partial charge in [-0.2, -0.15) is 0 Å². The molecule has 1 fully saturated rings. The van der Waals surface area contributed by atoms with Gasteiger partial charge in [0.1, 0.15) is 0 Å². The van der Waals surface area contributed by atoms with E-state index in [1.807, 2.05) is 72.8 Å². The number of hydrogen-bond donors (Lipinski definition) is 0. The molecule has 0 N–H and O–H groups in total. The molecule has 0 amide bonds. The second kappa shape index (κ2) is 7.61. The molecule has 0 unspecified atom stereocenters. The fourth-order valence-electron chi connectivity index (χ4n) is 2.33. The lowest BCUT2D eigenvalue weighted by atomic mass is 10.1. The second-order valence-electron chi connectivity index (χ2n) is 5.26. The maximum Gasteiger partial charge on any atom is 0.509 e. The molecule has 23 heavy (non-hydrogen) atoms. The number of carbonyl (C=O) groups is 1. The van der Waals surface area contributed by atoms with Crippen LogP contribution in [0.25, 0.3) is 6.08 Å². The van der Waals surface area contributed by atoms with Gasteiger partial charge < -0.3 is 14.2 Å². The Hall–Kier alpha value is -2.59. The molecule has 2 aromatic rings. The first-order valence-corrected chi connectivity index (χ1v) is 7.53. The van der Waals surface area contributed by atoms with Gasteiger partial charge in [-0.25, -0.2) is 4.79 Å². The third-order valence-corrected chi connectivity index (χ3v) is 3.52. The van der Waals surface area contributed by atoms with Crippen molar-refractivity contribution in [1.29, 1.82) is 0 Å². The van der Waals surface area contributed by atoms with Gasteiger partial charge in [0.05, 0.1) is 13.2 Å². The van der Waals surface area contributed by atoms with Crippen LogP contribution in [0.3, 0.4) is 0 Å². The van der Waals surface area contributed by atoms with Gasteiger partial charge in [-0.05, 0) is 17.2 Å². The predicted octanol–water partition coefficient (Wildman–Crippen LogP) is 3.82. The lowest BCUT2D eigenvalue weighted by Gasteiger charge is -2.12. The molecule has 118 valence electrons. The summed E-state index contributed by atoms with van der Waals surface area (Å²) in [4.78, 5) is 11.4. The average Bonchev–Trinajstić information content (AvgIpc) is 2.95. The summed E-state index contributed by atoms with van der Waals surface area (Å²) in [5.41, 5.74) is 2.12. The van der Waals surface area contributed by atoms with E-state index in [0.29, 0.717) is 13.2 Å². The van der Waals surface area contributed by atoms with E-state index in [-0.39, 0.29) is 0 Å². The van der Waals surface area contributed by atoms with Crippen LogP contribution in [0.5, 0.6) is 0 Å². The third-order valence-electron chi connectivity index (χ3n) is 3.52. The van der Waals surface area contributed by atoms with Crippen LogP contribution in [0.15, 0.2) is 66.7 Å². The molecule has 4 heteroatoms. The Bertz CT molecular complexity index is 652. The molecule has 2 aromatic carbocycles. The van der Waals surface area contributed by atoms with Crippen LogP contribution in [0.1, 0.15) is 11.1 Å². The van der Waals surface area contributed by atoms with Gasteiger partial charge in [0, 0.05) is 0 Å². The summed E-state index contributed by atoms with van der Waals surface area (Å²) in [5.74, 6) is 0. The van der Waals surface area contributed by atoms with Crippen LogP contribution in [0.4, 0.5) is 4.79 Å². The molecule has 0 saturated carbocycles. The summed E-state index contributed by atoms with van der Waals surface area (Å²) in [6, 6.07) is 19.7. The van der Waals surface area contributed by atoms with Gasteiger partial charge in [0.2, 0.25) is 0 Å². The predicted molar refractivity (Wildman–Crippen MR) is 86.7 cm³/mol. The van der Waals surface area contributed by atoms with Crippen LogP contribution in [0, 0.1) is 0 Å². The molecule has 1 saturated heterocycles. The lowest BCUT2D eigenvalue weighted by molar-refractivity contribution is 0.0306. The summed E-state index contributed by atoms with van der Waals surface area (Å²) in [6.07, 6.45) is 2.24. The van der Waals surface area contributed by atoms with Crippen molar-refractivity contribution >= 4 is 12.2 Å². The molecule has 2 atom stereocenters. The highest BCUT2D eigenvalue weighted by atomic mass is 16.8. The van der Waals surface area contributed by atoms with Gasteiger partial charge in [-0.15, -0.1) is 0 Å². The van der Waals surface area contributed by atoms with Crippen molar-refractivity contribution in [1.82, 2.24) is 0 Å². The van der Waals surface area contributed by atoms with Crippen LogP contribution < -0.4 is 0 Å². The first-order chi connectivity index (χ1) is 11.3. The molecular weight excluding hydrogens is 292 g/mol. The van der Waals surface area contributed by atoms with Crippen molar-refractivity contribution in [2.75, 3.05) is 6.61 Å². The molecule has 1 aliphatic rings. The standard InChI is InChI=1S/C19H18O4/c20-19-22-17(12-11-15-7-3-1-4-8-15)18(23-19)14-21-13-16-9-5-2-6-10-16/h1-12,17-18H,13-14H2/b12-11+/t17-,18-/m0/s1. The van der Waals surface area contributed by atoms with Crippen LogP contribution in [-0.4, -0.2) is 25.0 Å². The van der Waals surface area contributed by atoms with E-state index in [0.717, 1.165) is 11.1 Å². The van der Waals surface area contributed by atoms with Crippen molar-refractivity contribution in [2.24, 2.45) is 0 Å². The maximum atomic E-state index is 11.4. The van der Waals surface area contributed by atoms with E-state index < -0.39 is 18.4 Å². The maximum absolute atomic E-state index is 11.4. The van der Waals surface area contributed by atoms with Gasteiger partial charge in [-0.3, -0.25) is 0 Å². The summed E-state index contributed by atoms with van der Waals surface area (Å²) in [6.45, 7) is 0.772. The molecule has 0 aliphatic carbocycles. The Morgan fingerprint density at radius 3 is 2.39 bits per heavy atom. The number of benzene rings is 2. The smallest absolute Gasteiger partial charge is 0.424 e. The highest BCUT2D eigenvalue weighted by Crippen LogP contribution is 2.18. The van der Waals surface area contributed by atoms with Gasteiger partial charge in [0.25, 0.3) is 0 Å². The number of carbonyl (C=O) groups excluding carboxylic acids is 1. The minimum Gasteiger partial charge on any atom is -0.424 e.